The molecule has 0 fully saturated rings. The molecular weight excluding hydrogens is 263 g/mol. The Morgan fingerprint density at radius 3 is 2.30 bits per heavy atom. The minimum atomic E-state index is -1.03. The predicted molar refractivity (Wildman–Crippen MR) is 71.6 cm³/mol. The molecule has 0 aliphatic heterocycles. The molecule has 2 rings (SSSR count). The van der Waals surface area contributed by atoms with Crippen molar-refractivity contribution in [1.82, 2.24) is 0 Å². The van der Waals surface area contributed by atoms with E-state index in [0.29, 0.717) is 11.4 Å². The van der Waals surface area contributed by atoms with Crippen molar-refractivity contribution in [2.75, 3.05) is 5.32 Å². The van der Waals surface area contributed by atoms with Crippen LogP contribution in [0.25, 0.3) is 0 Å². The standard InChI is InChI=1S/C14H11FN2O3/c15-9-3-6-12(11(7-9)13(16)18)17-10-4-1-8(2-5-10)14(19)20/h1-7,17H,(H2,16,18)(H,19,20). The molecule has 0 heterocycles. The molecule has 0 unspecified atom stereocenters. The highest BCUT2D eigenvalue weighted by Crippen LogP contribution is 2.22. The number of anilines is 2. The number of halogens is 1. The molecule has 4 N–H and O–H groups in total. The minimum Gasteiger partial charge on any atom is -0.478 e. The normalized spacial score (nSPS) is 10.1. The van der Waals surface area contributed by atoms with Crippen LogP contribution in [0.4, 0.5) is 15.8 Å². The molecule has 5 nitrogen and oxygen atoms in total. The highest BCUT2D eigenvalue weighted by atomic mass is 19.1. The highest BCUT2D eigenvalue weighted by Gasteiger charge is 2.10. The van der Waals surface area contributed by atoms with E-state index in [1.165, 1.54) is 36.4 Å². The molecule has 0 aliphatic carbocycles. The summed E-state index contributed by atoms with van der Waals surface area (Å²) in [5, 5.41) is 11.7. The monoisotopic (exact) mass is 274 g/mol. The van der Waals surface area contributed by atoms with E-state index in [1.54, 1.807) is 0 Å². The van der Waals surface area contributed by atoms with Gasteiger partial charge in [-0.25, -0.2) is 9.18 Å². The highest BCUT2D eigenvalue weighted by molar-refractivity contribution is 5.99. The number of carboxylic acids is 1. The molecule has 2 aromatic carbocycles. The van der Waals surface area contributed by atoms with Crippen molar-refractivity contribution in [3.8, 4) is 0 Å². The fourth-order valence-electron chi connectivity index (χ4n) is 1.68. The summed E-state index contributed by atoms with van der Waals surface area (Å²) in [6, 6.07) is 9.53. The van der Waals surface area contributed by atoms with Crippen molar-refractivity contribution in [2.24, 2.45) is 5.73 Å². The fourth-order valence-corrected chi connectivity index (χ4v) is 1.68. The second-order valence-electron chi connectivity index (χ2n) is 4.06. The molecule has 1 amide bonds. The van der Waals surface area contributed by atoms with Crippen LogP contribution >= 0.6 is 0 Å². The number of nitrogens with one attached hydrogen (secondary N) is 1. The fraction of sp³-hybridized carbons (Fsp3) is 0. The molecular formula is C14H11FN2O3. The van der Waals surface area contributed by atoms with E-state index in [0.717, 1.165) is 6.07 Å². The van der Waals surface area contributed by atoms with Crippen LogP contribution in [0.1, 0.15) is 20.7 Å². The van der Waals surface area contributed by atoms with Gasteiger partial charge in [-0.05, 0) is 42.5 Å². The number of carboxylic acid groups (broad SMARTS) is 1. The van der Waals surface area contributed by atoms with E-state index >= 15 is 0 Å². The van der Waals surface area contributed by atoms with Crippen molar-refractivity contribution in [1.29, 1.82) is 0 Å². The second-order valence-corrected chi connectivity index (χ2v) is 4.06. The molecule has 0 saturated heterocycles. The van der Waals surface area contributed by atoms with Gasteiger partial charge in [-0.1, -0.05) is 0 Å². The maximum absolute atomic E-state index is 13.1. The summed E-state index contributed by atoms with van der Waals surface area (Å²) in [5.74, 6) is -2.35. The molecule has 0 radical (unpaired) electrons. The summed E-state index contributed by atoms with van der Waals surface area (Å²) in [7, 11) is 0. The van der Waals surface area contributed by atoms with Gasteiger partial charge < -0.3 is 16.2 Å². The maximum atomic E-state index is 13.1. The Morgan fingerprint density at radius 2 is 1.75 bits per heavy atom. The topological polar surface area (TPSA) is 92.4 Å². The maximum Gasteiger partial charge on any atom is 0.335 e. The molecule has 20 heavy (non-hydrogen) atoms. The number of rotatable bonds is 4. The lowest BCUT2D eigenvalue weighted by molar-refractivity contribution is 0.0696. The van der Waals surface area contributed by atoms with Crippen LogP contribution in [0.5, 0.6) is 0 Å². The van der Waals surface area contributed by atoms with Crippen molar-refractivity contribution in [2.45, 2.75) is 0 Å². The van der Waals surface area contributed by atoms with Crippen LogP contribution in [-0.4, -0.2) is 17.0 Å². The van der Waals surface area contributed by atoms with Gasteiger partial charge in [0, 0.05) is 5.69 Å². The third-order valence-corrected chi connectivity index (χ3v) is 2.66. The van der Waals surface area contributed by atoms with Crippen LogP contribution in [0.15, 0.2) is 42.5 Å². The van der Waals surface area contributed by atoms with Gasteiger partial charge in [0.1, 0.15) is 5.82 Å². The Morgan fingerprint density at radius 1 is 1.10 bits per heavy atom. The van der Waals surface area contributed by atoms with Gasteiger partial charge in [-0.3, -0.25) is 4.79 Å². The lowest BCUT2D eigenvalue weighted by atomic mass is 10.1. The van der Waals surface area contributed by atoms with Crippen LogP contribution in [0.2, 0.25) is 0 Å². The largest absolute Gasteiger partial charge is 0.478 e. The minimum absolute atomic E-state index is 0.0207. The quantitative estimate of drug-likeness (QED) is 0.798. The summed E-state index contributed by atoms with van der Waals surface area (Å²) < 4.78 is 13.1. The summed E-state index contributed by atoms with van der Waals surface area (Å²) in [6.07, 6.45) is 0. The predicted octanol–water partition coefficient (Wildman–Crippen LogP) is 2.37. The number of hydrogen-bond acceptors (Lipinski definition) is 3. The number of hydrogen-bond donors (Lipinski definition) is 3. The summed E-state index contributed by atoms with van der Waals surface area (Å²) in [5.41, 5.74) is 6.25. The van der Waals surface area contributed by atoms with Gasteiger partial charge in [0.15, 0.2) is 0 Å². The zero-order chi connectivity index (χ0) is 14.7. The smallest absolute Gasteiger partial charge is 0.335 e. The zero-order valence-electron chi connectivity index (χ0n) is 10.3. The Balaban J connectivity index is 2.30. The van der Waals surface area contributed by atoms with Crippen LogP contribution in [0, 0.1) is 5.82 Å². The molecule has 0 saturated carbocycles. The van der Waals surface area contributed by atoms with E-state index in [1.807, 2.05) is 0 Å². The molecule has 6 heteroatoms. The number of carbonyl (C=O) groups excluding carboxylic acids is 1. The number of primary amides is 1. The number of amides is 1. The van der Waals surface area contributed by atoms with E-state index in [9.17, 15) is 14.0 Å². The van der Waals surface area contributed by atoms with Crippen LogP contribution in [-0.2, 0) is 0 Å². The first-order valence-electron chi connectivity index (χ1n) is 5.67. The summed E-state index contributed by atoms with van der Waals surface area (Å²) in [6.45, 7) is 0. The van der Waals surface area contributed by atoms with Gasteiger partial charge in [0.2, 0.25) is 0 Å². The second kappa shape index (κ2) is 5.40. The van der Waals surface area contributed by atoms with Gasteiger partial charge in [0.25, 0.3) is 5.91 Å². The van der Waals surface area contributed by atoms with E-state index in [-0.39, 0.29) is 11.1 Å². The first kappa shape index (κ1) is 13.5. The van der Waals surface area contributed by atoms with E-state index in [4.69, 9.17) is 10.8 Å². The molecule has 0 aromatic heterocycles. The number of carbonyl (C=O) groups is 2. The Bertz CT molecular complexity index is 669. The molecule has 0 atom stereocenters. The van der Waals surface area contributed by atoms with Crippen molar-refractivity contribution in [3.63, 3.8) is 0 Å². The SMILES string of the molecule is NC(=O)c1cc(F)ccc1Nc1ccc(C(=O)O)cc1. The third-order valence-electron chi connectivity index (χ3n) is 2.66. The zero-order valence-corrected chi connectivity index (χ0v) is 10.3. The molecule has 0 bridgehead atoms. The first-order valence-corrected chi connectivity index (χ1v) is 5.67. The average Bonchev–Trinajstić information content (AvgIpc) is 2.41. The van der Waals surface area contributed by atoms with Gasteiger partial charge in [-0.2, -0.15) is 0 Å². The Hall–Kier alpha value is -2.89. The van der Waals surface area contributed by atoms with Gasteiger partial charge in [-0.15, -0.1) is 0 Å². The lowest BCUT2D eigenvalue weighted by Gasteiger charge is -2.10. The lowest BCUT2D eigenvalue weighted by Crippen LogP contribution is -2.13. The molecule has 2 aromatic rings. The molecule has 0 spiro atoms. The summed E-state index contributed by atoms with van der Waals surface area (Å²) in [4.78, 5) is 22.0. The van der Waals surface area contributed by atoms with Gasteiger partial charge in [0.05, 0.1) is 16.8 Å². The van der Waals surface area contributed by atoms with Crippen LogP contribution < -0.4 is 11.1 Å². The van der Waals surface area contributed by atoms with Crippen LogP contribution in [0.3, 0.4) is 0 Å². The van der Waals surface area contributed by atoms with E-state index < -0.39 is 17.7 Å². The number of nitrogens with two attached hydrogens (primary N) is 1. The molecule has 0 aliphatic rings. The van der Waals surface area contributed by atoms with E-state index in [2.05, 4.69) is 5.32 Å². The summed E-state index contributed by atoms with van der Waals surface area (Å²) >= 11 is 0. The first-order chi connectivity index (χ1) is 9.47. The van der Waals surface area contributed by atoms with Crippen molar-refractivity contribution >= 4 is 23.3 Å². The Labute approximate surface area is 113 Å². The average molecular weight is 274 g/mol. The van der Waals surface area contributed by atoms with Crippen molar-refractivity contribution < 1.29 is 19.1 Å². The van der Waals surface area contributed by atoms with Crippen molar-refractivity contribution in [3.05, 3.63) is 59.4 Å². The van der Waals surface area contributed by atoms with Gasteiger partial charge >= 0.3 is 5.97 Å². The number of aromatic carboxylic acids is 1. The molecule has 102 valence electrons. The number of benzene rings is 2. The third kappa shape index (κ3) is 2.92. The Kier molecular flexibility index (Phi) is 3.65.